The van der Waals surface area contributed by atoms with Crippen molar-refractivity contribution in [2.24, 2.45) is 4.99 Å². The summed E-state index contributed by atoms with van der Waals surface area (Å²) in [4.78, 5) is 8.86. The Hall–Kier alpha value is -1.78. The van der Waals surface area contributed by atoms with Gasteiger partial charge in [0.2, 0.25) is 5.89 Å². The molecule has 0 aromatic carbocycles. The molecule has 1 heterocycles. The standard InChI is InChI=1S/C16H26N4O/c1-5-17-15(20-12-8-6-7-9-12)19-11-14-18-10-13(21-14)16(2,3)4/h6-7,10,12H,5,8-9,11H2,1-4H3,(H2,17,19,20). The van der Waals surface area contributed by atoms with Crippen LogP contribution < -0.4 is 10.6 Å². The Balaban J connectivity index is 1.96. The molecule has 0 saturated carbocycles. The highest BCUT2D eigenvalue weighted by Gasteiger charge is 2.19. The molecule has 0 aliphatic heterocycles. The van der Waals surface area contributed by atoms with Crippen LogP contribution >= 0.6 is 0 Å². The number of guanidine groups is 1. The van der Waals surface area contributed by atoms with E-state index in [1.807, 2.05) is 0 Å². The van der Waals surface area contributed by atoms with Gasteiger partial charge in [-0.2, -0.15) is 0 Å². The first-order valence-corrected chi connectivity index (χ1v) is 7.64. The fourth-order valence-electron chi connectivity index (χ4n) is 2.13. The van der Waals surface area contributed by atoms with Crippen LogP contribution in [0.1, 0.15) is 52.2 Å². The first-order valence-electron chi connectivity index (χ1n) is 7.64. The van der Waals surface area contributed by atoms with Crippen molar-refractivity contribution >= 4 is 5.96 Å². The fraction of sp³-hybridized carbons (Fsp3) is 0.625. The van der Waals surface area contributed by atoms with Crippen LogP contribution in [0.4, 0.5) is 0 Å². The van der Waals surface area contributed by atoms with Gasteiger partial charge in [-0.05, 0) is 19.8 Å². The van der Waals surface area contributed by atoms with Gasteiger partial charge in [-0.1, -0.05) is 32.9 Å². The zero-order valence-electron chi connectivity index (χ0n) is 13.4. The fourth-order valence-corrected chi connectivity index (χ4v) is 2.13. The highest BCUT2D eigenvalue weighted by Crippen LogP contribution is 2.22. The van der Waals surface area contributed by atoms with Gasteiger partial charge in [-0.3, -0.25) is 0 Å². The molecule has 0 spiro atoms. The van der Waals surface area contributed by atoms with Crippen LogP contribution in [0.3, 0.4) is 0 Å². The second-order valence-electron chi connectivity index (χ2n) is 6.35. The zero-order chi connectivity index (χ0) is 15.3. The van der Waals surface area contributed by atoms with Gasteiger partial charge in [0.25, 0.3) is 0 Å². The van der Waals surface area contributed by atoms with Gasteiger partial charge in [0.05, 0.1) is 6.20 Å². The van der Waals surface area contributed by atoms with E-state index in [4.69, 9.17) is 4.42 Å². The van der Waals surface area contributed by atoms with Gasteiger partial charge in [0, 0.05) is 18.0 Å². The van der Waals surface area contributed by atoms with Crippen molar-refractivity contribution < 1.29 is 4.42 Å². The van der Waals surface area contributed by atoms with E-state index in [0.29, 0.717) is 18.5 Å². The normalized spacial score (nSPS) is 16.5. The quantitative estimate of drug-likeness (QED) is 0.508. The number of aromatic nitrogens is 1. The molecule has 1 aromatic rings. The highest BCUT2D eigenvalue weighted by molar-refractivity contribution is 5.80. The van der Waals surface area contributed by atoms with Gasteiger partial charge in [0.15, 0.2) is 5.96 Å². The predicted octanol–water partition coefficient (Wildman–Crippen LogP) is 2.75. The molecule has 2 N–H and O–H groups in total. The summed E-state index contributed by atoms with van der Waals surface area (Å²) in [6.45, 7) is 9.68. The van der Waals surface area contributed by atoms with Crippen LogP contribution in [0, 0.1) is 0 Å². The molecule has 0 fully saturated rings. The predicted molar refractivity (Wildman–Crippen MR) is 85.3 cm³/mol. The largest absolute Gasteiger partial charge is 0.443 e. The van der Waals surface area contributed by atoms with Gasteiger partial charge in [-0.15, -0.1) is 0 Å². The molecule has 1 aliphatic rings. The van der Waals surface area contributed by atoms with E-state index in [1.165, 1.54) is 0 Å². The Morgan fingerprint density at radius 2 is 2.10 bits per heavy atom. The zero-order valence-corrected chi connectivity index (χ0v) is 13.4. The van der Waals surface area contributed by atoms with Gasteiger partial charge >= 0.3 is 0 Å². The summed E-state index contributed by atoms with van der Waals surface area (Å²) in [6.07, 6.45) is 8.30. The van der Waals surface area contributed by atoms with Crippen LogP contribution in [0.15, 0.2) is 27.8 Å². The number of hydrogen-bond donors (Lipinski definition) is 2. The summed E-state index contributed by atoms with van der Waals surface area (Å²) in [5.74, 6) is 2.37. The van der Waals surface area contributed by atoms with E-state index in [1.54, 1.807) is 6.20 Å². The van der Waals surface area contributed by atoms with E-state index >= 15 is 0 Å². The molecular weight excluding hydrogens is 264 g/mol. The lowest BCUT2D eigenvalue weighted by Gasteiger charge is -2.16. The number of oxazole rings is 1. The van der Waals surface area contributed by atoms with E-state index in [-0.39, 0.29) is 5.41 Å². The van der Waals surface area contributed by atoms with Crippen molar-refractivity contribution in [3.8, 4) is 0 Å². The van der Waals surface area contributed by atoms with Gasteiger partial charge in [0.1, 0.15) is 12.3 Å². The van der Waals surface area contributed by atoms with Crippen LogP contribution in [0.2, 0.25) is 0 Å². The first-order chi connectivity index (χ1) is 9.99. The lowest BCUT2D eigenvalue weighted by atomic mass is 9.94. The molecular formula is C16H26N4O. The van der Waals surface area contributed by atoms with Crippen LogP contribution in [-0.4, -0.2) is 23.5 Å². The van der Waals surface area contributed by atoms with Crippen molar-refractivity contribution in [1.82, 2.24) is 15.6 Å². The van der Waals surface area contributed by atoms with Crippen molar-refractivity contribution in [1.29, 1.82) is 0 Å². The van der Waals surface area contributed by atoms with Gasteiger partial charge in [-0.25, -0.2) is 9.98 Å². The third-order valence-electron chi connectivity index (χ3n) is 3.36. The van der Waals surface area contributed by atoms with E-state index < -0.39 is 0 Å². The molecule has 0 atom stereocenters. The second kappa shape index (κ2) is 6.78. The van der Waals surface area contributed by atoms with Gasteiger partial charge < -0.3 is 15.1 Å². The van der Waals surface area contributed by atoms with Crippen molar-refractivity contribution in [2.45, 2.75) is 58.5 Å². The summed E-state index contributed by atoms with van der Waals surface area (Å²) in [6, 6.07) is 0.442. The number of aliphatic imine (C=N–C) groups is 1. The Bertz CT molecular complexity index is 503. The lowest BCUT2D eigenvalue weighted by Crippen LogP contribution is -2.42. The first kappa shape index (κ1) is 15.6. The molecule has 0 saturated heterocycles. The minimum Gasteiger partial charge on any atom is -0.443 e. The Morgan fingerprint density at radius 3 is 2.67 bits per heavy atom. The van der Waals surface area contributed by atoms with Crippen molar-refractivity contribution in [2.75, 3.05) is 6.54 Å². The van der Waals surface area contributed by atoms with E-state index in [0.717, 1.165) is 31.1 Å². The monoisotopic (exact) mass is 290 g/mol. The molecule has 21 heavy (non-hydrogen) atoms. The van der Waals surface area contributed by atoms with E-state index in [2.05, 4.69) is 60.5 Å². The maximum Gasteiger partial charge on any atom is 0.216 e. The Labute approximate surface area is 126 Å². The molecule has 0 radical (unpaired) electrons. The number of rotatable bonds is 4. The molecule has 1 aromatic heterocycles. The Morgan fingerprint density at radius 1 is 1.38 bits per heavy atom. The highest BCUT2D eigenvalue weighted by atomic mass is 16.4. The topological polar surface area (TPSA) is 62.5 Å². The molecule has 5 nitrogen and oxygen atoms in total. The molecule has 116 valence electrons. The van der Waals surface area contributed by atoms with E-state index in [9.17, 15) is 0 Å². The summed E-state index contributed by atoms with van der Waals surface area (Å²) >= 11 is 0. The Kier molecular flexibility index (Phi) is 5.04. The van der Waals surface area contributed by atoms with Crippen LogP contribution in [-0.2, 0) is 12.0 Å². The molecule has 2 rings (SSSR count). The van der Waals surface area contributed by atoms with Crippen molar-refractivity contribution in [3.63, 3.8) is 0 Å². The number of hydrogen-bond acceptors (Lipinski definition) is 3. The maximum absolute atomic E-state index is 5.76. The average Bonchev–Trinajstić information content (AvgIpc) is 3.06. The SMILES string of the molecule is CCNC(=NCc1ncc(C(C)(C)C)o1)NC1CC=CC1. The smallest absolute Gasteiger partial charge is 0.216 e. The molecule has 0 unspecified atom stereocenters. The summed E-state index contributed by atoms with van der Waals surface area (Å²) in [5.41, 5.74) is -0.0206. The van der Waals surface area contributed by atoms with Crippen LogP contribution in [0.5, 0.6) is 0 Å². The van der Waals surface area contributed by atoms with Crippen molar-refractivity contribution in [3.05, 3.63) is 30.0 Å². The van der Waals surface area contributed by atoms with Crippen LogP contribution in [0.25, 0.3) is 0 Å². The molecule has 1 aliphatic carbocycles. The minimum absolute atomic E-state index is 0.0206. The summed E-state index contributed by atoms with van der Waals surface area (Å²) < 4.78 is 5.76. The third kappa shape index (κ3) is 4.62. The maximum atomic E-state index is 5.76. The number of nitrogens with zero attached hydrogens (tertiary/aromatic N) is 2. The molecule has 5 heteroatoms. The molecule has 0 amide bonds. The average molecular weight is 290 g/mol. The third-order valence-corrected chi connectivity index (χ3v) is 3.36. The summed E-state index contributed by atoms with van der Waals surface area (Å²) in [7, 11) is 0. The second-order valence-corrected chi connectivity index (χ2v) is 6.35. The lowest BCUT2D eigenvalue weighted by molar-refractivity contribution is 0.383. The molecule has 0 bridgehead atoms. The summed E-state index contributed by atoms with van der Waals surface area (Å²) in [5, 5.41) is 6.69. The minimum atomic E-state index is -0.0206. The number of nitrogens with one attached hydrogen (secondary N) is 2.